The van der Waals surface area contributed by atoms with Gasteiger partial charge in [0.25, 0.3) is 5.95 Å². The van der Waals surface area contributed by atoms with Crippen LogP contribution in [0.25, 0.3) is 5.95 Å². The van der Waals surface area contributed by atoms with Crippen LogP contribution < -0.4 is 5.32 Å². The fourth-order valence-electron chi connectivity index (χ4n) is 1.07. The number of nitrogens with one attached hydrogen (secondary N) is 1. The molecule has 9 heteroatoms. The normalized spacial score (nSPS) is 12.4. The lowest BCUT2D eigenvalue weighted by atomic mass is 10.4. The molecule has 90 valence electrons. The van der Waals surface area contributed by atoms with Crippen LogP contribution in [0.4, 0.5) is 5.95 Å². The first-order valence-electron chi connectivity index (χ1n) is 4.83. The van der Waals surface area contributed by atoms with Gasteiger partial charge in [-0.25, -0.2) is 4.98 Å². The van der Waals surface area contributed by atoms with Crippen LogP contribution in [-0.4, -0.2) is 47.5 Å². The minimum atomic E-state index is -0.514. The summed E-state index contributed by atoms with van der Waals surface area (Å²) in [5, 5.41) is 15.9. The molecule has 2 N–H and O–H groups in total. The second-order valence-electron chi connectivity index (χ2n) is 3.30. The summed E-state index contributed by atoms with van der Waals surface area (Å²) in [6, 6.07) is 0. The Morgan fingerprint density at radius 1 is 1.47 bits per heavy atom. The zero-order valence-corrected chi connectivity index (χ0v) is 9.70. The molecular weight excluding hydrogens is 246 g/mol. The molecule has 0 amide bonds. The van der Waals surface area contributed by atoms with E-state index in [1.54, 1.807) is 6.92 Å². The molecule has 0 spiro atoms. The van der Waals surface area contributed by atoms with Crippen molar-refractivity contribution in [2.45, 2.75) is 13.0 Å². The van der Waals surface area contributed by atoms with Crippen LogP contribution in [0.3, 0.4) is 0 Å². The first kappa shape index (κ1) is 11.7. The molecular formula is C8H10ClN7O. The van der Waals surface area contributed by atoms with Gasteiger partial charge >= 0.3 is 0 Å². The maximum Gasteiger partial charge on any atom is 0.258 e. The lowest BCUT2D eigenvalue weighted by molar-refractivity contribution is 0.208. The third-order valence-electron chi connectivity index (χ3n) is 1.78. The number of nitrogens with zero attached hydrogens (tertiary/aromatic N) is 6. The van der Waals surface area contributed by atoms with Crippen molar-refractivity contribution in [2.75, 3.05) is 11.9 Å². The molecule has 1 unspecified atom stereocenters. The Kier molecular flexibility index (Phi) is 3.45. The average Bonchev–Trinajstić information content (AvgIpc) is 2.79. The van der Waals surface area contributed by atoms with Gasteiger partial charge in [0.15, 0.2) is 0 Å². The highest BCUT2D eigenvalue weighted by Gasteiger charge is 2.07. The van der Waals surface area contributed by atoms with Crippen molar-refractivity contribution in [3.05, 3.63) is 17.9 Å². The quantitative estimate of drug-likeness (QED) is 0.786. The number of hydrogen-bond acceptors (Lipinski definition) is 7. The number of halogens is 1. The Bertz CT molecular complexity index is 487. The molecule has 0 aliphatic carbocycles. The Balaban J connectivity index is 2.24. The second-order valence-corrected chi connectivity index (χ2v) is 3.64. The molecule has 0 aromatic carbocycles. The van der Waals surface area contributed by atoms with Crippen molar-refractivity contribution < 1.29 is 5.11 Å². The van der Waals surface area contributed by atoms with Crippen LogP contribution in [0.5, 0.6) is 0 Å². The molecule has 1 atom stereocenters. The molecule has 2 aromatic heterocycles. The van der Waals surface area contributed by atoms with Crippen LogP contribution in [0.2, 0.25) is 5.28 Å². The van der Waals surface area contributed by atoms with E-state index in [-0.39, 0.29) is 17.2 Å². The summed E-state index contributed by atoms with van der Waals surface area (Å²) in [7, 11) is 0. The van der Waals surface area contributed by atoms with Crippen LogP contribution in [0.15, 0.2) is 12.7 Å². The molecule has 0 aliphatic rings. The van der Waals surface area contributed by atoms with Gasteiger partial charge in [0.05, 0.1) is 6.10 Å². The summed E-state index contributed by atoms with van der Waals surface area (Å²) < 4.78 is 1.36. The zero-order valence-electron chi connectivity index (χ0n) is 8.95. The Hall–Kier alpha value is -1.80. The third-order valence-corrected chi connectivity index (χ3v) is 1.94. The molecule has 8 nitrogen and oxygen atoms in total. The van der Waals surface area contributed by atoms with Gasteiger partial charge in [0.2, 0.25) is 11.2 Å². The molecule has 0 aliphatic heterocycles. The van der Waals surface area contributed by atoms with Crippen LogP contribution in [0, 0.1) is 0 Å². The summed E-state index contributed by atoms with van der Waals surface area (Å²) in [5.41, 5.74) is 0. The van der Waals surface area contributed by atoms with Crippen molar-refractivity contribution in [3.8, 4) is 5.95 Å². The predicted molar refractivity (Wildman–Crippen MR) is 59.9 cm³/mol. The maximum atomic E-state index is 9.14. The summed E-state index contributed by atoms with van der Waals surface area (Å²) in [4.78, 5) is 15.6. The van der Waals surface area contributed by atoms with Gasteiger partial charge in [-0.1, -0.05) is 0 Å². The zero-order chi connectivity index (χ0) is 12.3. The highest BCUT2D eigenvalue weighted by Crippen LogP contribution is 2.08. The number of hydrogen-bond donors (Lipinski definition) is 2. The lowest BCUT2D eigenvalue weighted by Gasteiger charge is -2.07. The summed E-state index contributed by atoms with van der Waals surface area (Å²) >= 11 is 5.76. The van der Waals surface area contributed by atoms with E-state index in [0.717, 1.165) is 0 Å². The Morgan fingerprint density at radius 3 is 2.94 bits per heavy atom. The van der Waals surface area contributed by atoms with Crippen LogP contribution >= 0.6 is 11.6 Å². The molecule has 0 saturated heterocycles. The minimum Gasteiger partial charge on any atom is -0.392 e. The molecule has 0 bridgehead atoms. The van der Waals surface area contributed by atoms with Crippen molar-refractivity contribution in [1.82, 2.24) is 29.7 Å². The van der Waals surface area contributed by atoms with Gasteiger partial charge in [0, 0.05) is 6.54 Å². The average molecular weight is 256 g/mol. The maximum absolute atomic E-state index is 9.14. The topological polar surface area (TPSA) is 102 Å². The SMILES string of the molecule is CC(O)CNc1nc(Cl)nc(-n2cncn2)n1. The predicted octanol–water partition coefficient (Wildman–Crippen LogP) is -0.102. The fraction of sp³-hybridized carbons (Fsp3) is 0.375. The molecule has 0 radical (unpaired) electrons. The van der Waals surface area contributed by atoms with E-state index in [1.807, 2.05) is 0 Å². The van der Waals surface area contributed by atoms with Crippen LogP contribution in [-0.2, 0) is 0 Å². The third kappa shape index (κ3) is 3.08. The van der Waals surface area contributed by atoms with Gasteiger partial charge in [-0.15, -0.1) is 0 Å². The monoisotopic (exact) mass is 255 g/mol. The molecule has 17 heavy (non-hydrogen) atoms. The van der Waals surface area contributed by atoms with E-state index in [0.29, 0.717) is 6.54 Å². The first-order chi connectivity index (χ1) is 8.15. The number of aliphatic hydroxyl groups excluding tert-OH is 1. The minimum absolute atomic E-state index is 0.0404. The molecule has 0 fully saturated rings. The van der Waals surface area contributed by atoms with Gasteiger partial charge in [-0.2, -0.15) is 24.7 Å². The summed E-state index contributed by atoms with van der Waals surface area (Å²) in [6.45, 7) is 1.96. The molecule has 2 rings (SSSR count). The summed E-state index contributed by atoms with van der Waals surface area (Å²) in [5.74, 6) is 0.534. The molecule has 0 saturated carbocycles. The second kappa shape index (κ2) is 5.02. The van der Waals surface area contributed by atoms with E-state index in [2.05, 4.69) is 30.4 Å². The number of aromatic nitrogens is 6. The Labute approximate surface area is 102 Å². The fourth-order valence-corrected chi connectivity index (χ4v) is 1.23. The molecule has 2 heterocycles. The van der Waals surface area contributed by atoms with Gasteiger partial charge in [-0.05, 0) is 18.5 Å². The lowest BCUT2D eigenvalue weighted by Crippen LogP contribution is -2.18. The van der Waals surface area contributed by atoms with Crippen molar-refractivity contribution in [2.24, 2.45) is 0 Å². The highest BCUT2D eigenvalue weighted by molar-refractivity contribution is 6.28. The van der Waals surface area contributed by atoms with Crippen molar-refractivity contribution >= 4 is 17.5 Å². The standard InChI is InChI=1S/C8H10ClN7O/c1-5(17)2-11-7-13-6(9)14-8(15-7)16-4-10-3-12-16/h3-5,17H,2H2,1H3,(H,11,13,14,15). The van der Waals surface area contributed by atoms with E-state index >= 15 is 0 Å². The van der Waals surface area contributed by atoms with E-state index in [4.69, 9.17) is 16.7 Å². The largest absolute Gasteiger partial charge is 0.392 e. The number of rotatable bonds is 4. The van der Waals surface area contributed by atoms with Crippen LogP contribution in [0.1, 0.15) is 6.92 Å². The van der Waals surface area contributed by atoms with Gasteiger partial charge in [-0.3, -0.25) is 0 Å². The van der Waals surface area contributed by atoms with Gasteiger partial charge in [0.1, 0.15) is 12.7 Å². The van der Waals surface area contributed by atoms with Crippen molar-refractivity contribution in [3.63, 3.8) is 0 Å². The van der Waals surface area contributed by atoms with E-state index in [9.17, 15) is 0 Å². The van der Waals surface area contributed by atoms with E-state index < -0.39 is 6.10 Å². The van der Waals surface area contributed by atoms with E-state index in [1.165, 1.54) is 17.3 Å². The summed E-state index contributed by atoms with van der Waals surface area (Å²) in [6.07, 6.45) is 2.30. The Morgan fingerprint density at radius 2 is 2.29 bits per heavy atom. The smallest absolute Gasteiger partial charge is 0.258 e. The van der Waals surface area contributed by atoms with Crippen molar-refractivity contribution in [1.29, 1.82) is 0 Å². The highest BCUT2D eigenvalue weighted by atomic mass is 35.5. The molecule has 2 aromatic rings. The first-order valence-corrected chi connectivity index (χ1v) is 5.21. The number of aliphatic hydroxyl groups is 1. The van der Waals surface area contributed by atoms with Gasteiger partial charge < -0.3 is 10.4 Å². The number of anilines is 1.